The summed E-state index contributed by atoms with van der Waals surface area (Å²) in [6.07, 6.45) is 0.893. The Morgan fingerprint density at radius 2 is 1.55 bits per heavy atom. The first-order valence-corrected chi connectivity index (χ1v) is 9.20. The molecule has 29 heavy (non-hydrogen) atoms. The summed E-state index contributed by atoms with van der Waals surface area (Å²) in [6, 6.07) is 6.71. The molecule has 2 rings (SSSR count). The molecule has 156 valence electrons. The summed E-state index contributed by atoms with van der Waals surface area (Å²) in [5.41, 5.74) is -2.50. The van der Waals surface area contributed by atoms with Gasteiger partial charge >= 0.3 is 11.9 Å². The van der Waals surface area contributed by atoms with Crippen molar-refractivity contribution in [3.63, 3.8) is 0 Å². The molecule has 1 N–H and O–H groups in total. The summed E-state index contributed by atoms with van der Waals surface area (Å²) in [4.78, 5) is 38.2. The van der Waals surface area contributed by atoms with Gasteiger partial charge in [-0.1, -0.05) is 12.1 Å². The minimum atomic E-state index is -0.911. The minimum absolute atomic E-state index is 0.314. The smallest absolute Gasteiger partial charge is 0.339 e. The van der Waals surface area contributed by atoms with E-state index < -0.39 is 34.4 Å². The molecule has 0 spiro atoms. The van der Waals surface area contributed by atoms with Gasteiger partial charge in [-0.2, -0.15) is 0 Å². The Balaban J connectivity index is 2.77. The molecular formula is C22H27NO6. The zero-order chi connectivity index (χ0) is 22.1. The lowest BCUT2D eigenvalue weighted by atomic mass is 10.0. The molecule has 1 heterocycles. The van der Waals surface area contributed by atoms with E-state index in [4.69, 9.17) is 9.47 Å². The van der Waals surface area contributed by atoms with Crippen molar-refractivity contribution in [3.8, 4) is 5.75 Å². The topological polar surface area (TPSA) is 94.8 Å². The SMILES string of the molecule is Cn1c(=O)c(/C(=C\C(=O)OC(C)(C)C)C(=O)OC(C)(C)C)c(O)c2ccccc21. The molecule has 0 amide bonds. The van der Waals surface area contributed by atoms with Crippen LogP contribution in [0.25, 0.3) is 16.5 Å². The van der Waals surface area contributed by atoms with Gasteiger partial charge in [-0.25, -0.2) is 9.59 Å². The first kappa shape index (κ1) is 22.2. The van der Waals surface area contributed by atoms with Crippen LogP contribution in [0.5, 0.6) is 5.75 Å². The highest BCUT2D eigenvalue weighted by Crippen LogP contribution is 2.31. The number of pyridine rings is 1. The second kappa shape index (κ2) is 7.73. The summed E-state index contributed by atoms with van der Waals surface area (Å²) in [7, 11) is 1.52. The van der Waals surface area contributed by atoms with Crippen molar-refractivity contribution in [1.82, 2.24) is 4.57 Å². The van der Waals surface area contributed by atoms with Gasteiger partial charge in [0.25, 0.3) is 5.56 Å². The third-order valence-corrected chi connectivity index (χ3v) is 3.83. The maximum atomic E-state index is 13.0. The fraction of sp³-hybridized carbons (Fsp3) is 0.409. The van der Waals surface area contributed by atoms with Gasteiger partial charge in [0.2, 0.25) is 0 Å². The molecule has 0 bridgehead atoms. The number of carbonyl (C=O) groups is 2. The van der Waals surface area contributed by atoms with Gasteiger partial charge in [0.1, 0.15) is 17.0 Å². The van der Waals surface area contributed by atoms with Crippen molar-refractivity contribution >= 4 is 28.4 Å². The molecule has 7 nitrogen and oxygen atoms in total. The number of aryl methyl sites for hydroxylation is 1. The summed E-state index contributed by atoms with van der Waals surface area (Å²) in [6.45, 7) is 10.0. The summed E-state index contributed by atoms with van der Waals surface area (Å²) in [5, 5.41) is 11.2. The number of benzene rings is 1. The third kappa shape index (κ3) is 5.25. The molecule has 0 aliphatic carbocycles. The van der Waals surface area contributed by atoms with Crippen molar-refractivity contribution in [2.45, 2.75) is 52.7 Å². The van der Waals surface area contributed by atoms with Crippen LogP contribution in [0, 0.1) is 0 Å². The molecule has 0 radical (unpaired) electrons. The Labute approximate surface area is 169 Å². The van der Waals surface area contributed by atoms with Crippen LogP contribution >= 0.6 is 0 Å². The molecule has 7 heteroatoms. The highest BCUT2D eigenvalue weighted by atomic mass is 16.6. The van der Waals surface area contributed by atoms with E-state index in [1.807, 2.05) is 0 Å². The van der Waals surface area contributed by atoms with Gasteiger partial charge in [-0.15, -0.1) is 0 Å². The Morgan fingerprint density at radius 3 is 2.10 bits per heavy atom. The van der Waals surface area contributed by atoms with Crippen molar-refractivity contribution < 1.29 is 24.2 Å². The van der Waals surface area contributed by atoms with Crippen LogP contribution in [0.2, 0.25) is 0 Å². The minimum Gasteiger partial charge on any atom is -0.506 e. The standard InChI is InChI=1S/C22H27NO6/c1-21(2,3)28-16(24)12-14(20(27)29-22(4,5)6)17-18(25)13-10-8-9-11-15(13)23(7)19(17)26/h8-12,25H,1-7H3/b14-12+. The Morgan fingerprint density at radius 1 is 1.00 bits per heavy atom. The van der Waals surface area contributed by atoms with E-state index in [0.29, 0.717) is 10.9 Å². The van der Waals surface area contributed by atoms with Crippen LogP contribution < -0.4 is 5.56 Å². The van der Waals surface area contributed by atoms with Crippen LogP contribution in [0.3, 0.4) is 0 Å². The molecule has 0 unspecified atom stereocenters. The monoisotopic (exact) mass is 401 g/mol. The van der Waals surface area contributed by atoms with Crippen molar-refractivity contribution in [2.75, 3.05) is 0 Å². The lowest BCUT2D eigenvalue weighted by Crippen LogP contribution is -2.29. The number of hydrogen-bond acceptors (Lipinski definition) is 6. The van der Waals surface area contributed by atoms with E-state index in [9.17, 15) is 19.5 Å². The largest absolute Gasteiger partial charge is 0.506 e. The number of ether oxygens (including phenoxy) is 2. The number of carbonyl (C=O) groups excluding carboxylic acids is 2. The average molecular weight is 401 g/mol. The molecule has 0 aliphatic rings. The third-order valence-electron chi connectivity index (χ3n) is 3.83. The molecule has 0 saturated heterocycles. The zero-order valence-electron chi connectivity index (χ0n) is 17.8. The second-order valence-corrected chi connectivity index (χ2v) is 8.70. The lowest BCUT2D eigenvalue weighted by Gasteiger charge is -2.22. The average Bonchev–Trinajstić information content (AvgIpc) is 2.56. The van der Waals surface area contributed by atoms with E-state index >= 15 is 0 Å². The van der Waals surface area contributed by atoms with Crippen LogP contribution in [-0.4, -0.2) is 32.8 Å². The van der Waals surface area contributed by atoms with Crippen LogP contribution in [0.1, 0.15) is 47.1 Å². The zero-order valence-corrected chi connectivity index (χ0v) is 17.8. The predicted molar refractivity (Wildman–Crippen MR) is 111 cm³/mol. The Bertz CT molecular complexity index is 1050. The van der Waals surface area contributed by atoms with Gasteiger partial charge < -0.3 is 19.1 Å². The summed E-state index contributed by atoms with van der Waals surface area (Å²) in [5.74, 6) is -2.14. The lowest BCUT2D eigenvalue weighted by molar-refractivity contribution is -0.150. The van der Waals surface area contributed by atoms with E-state index in [2.05, 4.69) is 0 Å². The fourth-order valence-corrected chi connectivity index (χ4v) is 2.74. The van der Waals surface area contributed by atoms with Crippen molar-refractivity contribution in [2.24, 2.45) is 7.05 Å². The molecule has 0 fully saturated rings. The number of aromatic hydroxyl groups is 1. The quantitative estimate of drug-likeness (QED) is 0.626. The maximum absolute atomic E-state index is 13.0. The molecular weight excluding hydrogens is 374 g/mol. The number of hydrogen-bond donors (Lipinski definition) is 1. The maximum Gasteiger partial charge on any atom is 0.339 e. The number of nitrogens with zero attached hydrogens (tertiary/aromatic N) is 1. The van der Waals surface area contributed by atoms with E-state index in [1.54, 1.807) is 65.8 Å². The van der Waals surface area contributed by atoms with Crippen LogP contribution in [0.4, 0.5) is 0 Å². The van der Waals surface area contributed by atoms with Crippen molar-refractivity contribution in [3.05, 3.63) is 46.3 Å². The van der Waals surface area contributed by atoms with Gasteiger partial charge in [-0.3, -0.25) is 4.79 Å². The van der Waals surface area contributed by atoms with E-state index in [-0.39, 0.29) is 11.1 Å². The number of fused-ring (bicyclic) bond motifs is 1. The van der Waals surface area contributed by atoms with Gasteiger partial charge in [0.05, 0.1) is 16.7 Å². The number of rotatable bonds is 3. The number of esters is 2. The van der Waals surface area contributed by atoms with Gasteiger partial charge in [0, 0.05) is 18.5 Å². The summed E-state index contributed by atoms with van der Waals surface area (Å²) >= 11 is 0. The highest BCUT2D eigenvalue weighted by Gasteiger charge is 2.29. The Hall–Kier alpha value is -3.09. The van der Waals surface area contributed by atoms with Gasteiger partial charge in [-0.05, 0) is 53.7 Å². The molecule has 0 atom stereocenters. The Kier molecular flexibility index (Phi) is 5.92. The number of para-hydroxylation sites is 1. The normalized spacial score (nSPS) is 12.7. The van der Waals surface area contributed by atoms with E-state index in [0.717, 1.165) is 6.08 Å². The molecule has 0 saturated carbocycles. The summed E-state index contributed by atoms with van der Waals surface area (Å²) < 4.78 is 11.9. The first-order valence-electron chi connectivity index (χ1n) is 9.20. The highest BCUT2D eigenvalue weighted by molar-refractivity contribution is 6.22. The predicted octanol–water partition coefficient (Wildman–Crippen LogP) is 3.31. The molecule has 1 aromatic heterocycles. The molecule has 1 aromatic carbocycles. The molecule has 2 aromatic rings. The fourth-order valence-electron chi connectivity index (χ4n) is 2.74. The van der Waals surface area contributed by atoms with Crippen molar-refractivity contribution in [1.29, 1.82) is 0 Å². The second-order valence-electron chi connectivity index (χ2n) is 8.70. The van der Waals surface area contributed by atoms with E-state index in [1.165, 1.54) is 11.6 Å². The van der Waals surface area contributed by atoms with Crippen LogP contribution in [-0.2, 0) is 26.1 Å². The molecule has 0 aliphatic heterocycles. The van der Waals surface area contributed by atoms with Gasteiger partial charge in [0.15, 0.2) is 0 Å². The van der Waals surface area contributed by atoms with Crippen LogP contribution in [0.15, 0.2) is 35.1 Å². The number of aromatic nitrogens is 1. The first-order chi connectivity index (χ1) is 13.2.